The number of hydrogen-bond acceptors (Lipinski definition) is 3. The van der Waals surface area contributed by atoms with Crippen LogP contribution in [0, 0.1) is 6.92 Å². The maximum absolute atomic E-state index is 12.1. The molecule has 96 valence electrons. The van der Waals surface area contributed by atoms with Crippen molar-refractivity contribution in [3.8, 4) is 0 Å². The van der Waals surface area contributed by atoms with Gasteiger partial charge in [-0.2, -0.15) is 0 Å². The maximum Gasteiger partial charge on any atom is 0.242 e. The molecule has 0 unspecified atom stereocenters. The van der Waals surface area contributed by atoms with Gasteiger partial charge in [0.25, 0.3) is 0 Å². The normalized spacial score (nSPS) is 12.8. The topological polar surface area (TPSA) is 72.2 Å². The Morgan fingerprint density at radius 3 is 2.29 bits per heavy atom. The van der Waals surface area contributed by atoms with Gasteiger partial charge in [-0.15, -0.1) is 0 Å². The summed E-state index contributed by atoms with van der Waals surface area (Å²) in [6.45, 7) is 7.05. The van der Waals surface area contributed by atoms with Crippen molar-refractivity contribution in [2.24, 2.45) is 0 Å². The van der Waals surface area contributed by atoms with Crippen LogP contribution in [0.4, 0.5) is 5.69 Å². The Balaban J connectivity index is 3.30. The van der Waals surface area contributed by atoms with Crippen LogP contribution in [-0.4, -0.2) is 14.0 Å². The van der Waals surface area contributed by atoms with Crippen LogP contribution in [0.5, 0.6) is 0 Å². The SMILES string of the molecule is Cc1cc(Cl)c(S(=O)(=O)NC(C)(C)C)cc1N. The number of nitrogen functional groups attached to an aromatic ring is 1. The van der Waals surface area contributed by atoms with Gasteiger partial charge in [-0.3, -0.25) is 0 Å². The summed E-state index contributed by atoms with van der Waals surface area (Å²) in [6, 6.07) is 2.93. The molecule has 0 atom stereocenters. The zero-order valence-corrected chi connectivity index (χ0v) is 11.9. The van der Waals surface area contributed by atoms with E-state index in [1.807, 2.05) is 0 Å². The predicted molar refractivity (Wildman–Crippen MR) is 70.7 cm³/mol. The summed E-state index contributed by atoms with van der Waals surface area (Å²) in [5.74, 6) is 0. The third-order valence-electron chi connectivity index (χ3n) is 2.05. The van der Waals surface area contributed by atoms with Crippen LogP contribution in [0.1, 0.15) is 26.3 Å². The number of nitrogens with two attached hydrogens (primary N) is 1. The summed E-state index contributed by atoms with van der Waals surface area (Å²) in [5.41, 5.74) is 6.29. The molecule has 1 aromatic carbocycles. The zero-order valence-electron chi connectivity index (χ0n) is 10.3. The summed E-state index contributed by atoms with van der Waals surface area (Å²) in [6.07, 6.45) is 0. The van der Waals surface area contributed by atoms with Crippen LogP contribution in [0.3, 0.4) is 0 Å². The Labute approximate surface area is 107 Å². The second-order valence-corrected chi connectivity index (χ2v) is 7.05. The van der Waals surface area contributed by atoms with Crippen LogP contribution < -0.4 is 10.5 Å². The van der Waals surface area contributed by atoms with Gasteiger partial charge in [0.2, 0.25) is 10.0 Å². The van der Waals surface area contributed by atoms with E-state index in [0.717, 1.165) is 5.56 Å². The highest BCUT2D eigenvalue weighted by Crippen LogP contribution is 2.27. The van der Waals surface area contributed by atoms with E-state index in [-0.39, 0.29) is 9.92 Å². The van der Waals surface area contributed by atoms with Gasteiger partial charge in [0.1, 0.15) is 4.90 Å². The second kappa shape index (κ2) is 4.48. The number of anilines is 1. The molecule has 0 amide bonds. The van der Waals surface area contributed by atoms with E-state index < -0.39 is 15.6 Å². The molecule has 6 heteroatoms. The molecule has 17 heavy (non-hydrogen) atoms. The first-order valence-corrected chi connectivity index (χ1v) is 6.99. The number of hydrogen-bond donors (Lipinski definition) is 2. The highest BCUT2D eigenvalue weighted by molar-refractivity contribution is 7.89. The maximum atomic E-state index is 12.1. The summed E-state index contributed by atoms with van der Waals surface area (Å²) in [5, 5.41) is 0.174. The van der Waals surface area contributed by atoms with E-state index in [1.165, 1.54) is 6.07 Å². The number of benzene rings is 1. The minimum absolute atomic E-state index is 0.0113. The largest absolute Gasteiger partial charge is 0.398 e. The first kappa shape index (κ1) is 14.3. The fraction of sp³-hybridized carbons (Fsp3) is 0.455. The van der Waals surface area contributed by atoms with Crippen molar-refractivity contribution in [3.05, 3.63) is 22.7 Å². The first-order valence-electron chi connectivity index (χ1n) is 5.12. The number of rotatable bonds is 2. The molecule has 0 fully saturated rings. The van der Waals surface area contributed by atoms with Gasteiger partial charge in [-0.05, 0) is 45.4 Å². The molecule has 4 nitrogen and oxygen atoms in total. The summed E-state index contributed by atoms with van der Waals surface area (Å²) in [4.78, 5) is 0.0113. The molecule has 0 aliphatic heterocycles. The van der Waals surface area contributed by atoms with Gasteiger partial charge in [0, 0.05) is 11.2 Å². The van der Waals surface area contributed by atoms with Gasteiger partial charge in [0.15, 0.2) is 0 Å². The average Bonchev–Trinajstić information content (AvgIpc) is 2.06. The molecule has 0 radical (unpaired) electrons. The number of sulfonamides is 1. The van der Waals surface area contributed by atoms with E-state index in [2.05, 4.69) is 4.72 Å². The molecule has 1 aromatic rings. The molecule has 0 spiro atoms. The fourth-order valence-corrected chi connectivity index (χ4v) is 3.37. The van der Waals surface area contributed by atoms with Gasteiger partial charge in [-0.1, -0.05) is 11.6 Å². The van der Waals surface area contributed by atoms with Crippen LogP contribution >= 0.6 is 11.6 Å². The minimum Gasteiger partial charge on any atom is -0.398 e. The van der Waals surface area contributed by atoms with Gasteiger partial charge in [0.05, 0.1) is 5.02 Å². The van der Waals surface area contributed by atoms with Crippen molar-refractivity contribution < 1.29 is 8.42 Å². The molecule has 0 saturated heterocycles. The predicted octanol–water partition coefficient (Wildman–Crippen LogP) is 2.31. The van der Waals surface area contributed by atoms with Crippen molar-refractivity contribution >= 4 is 27.3 Å². The Morgan fingerprint density at radius 1 is 1.29 bits per heavy atom. The first-order chi connectivity index (χ1) is 7.53. The molecular weight excluding hydrogens is 260 g/mol. The van der Waals surface area contributed by atoms with E-state index in [1.54, 1.807) is 33.8 Å². The van der Waals surface area contributed by atoms with Crippen molar-refractivity contribution in [2.45, 2.75) is 38.1 Å². The van der Waals surface area contributed by atoms with Crippen molar-refractivity contribution in [2.75, 3.05) is 5.73 Å². The lowest BCUT2D eigenvalue weighted by Crippen LogP contribution is -2.40. The molecule has 0 aromatic heterocycles. The van der Waals surface area contributed by atoms with E-state index >= 15 is 0 Å². The number of nitrogens with one attached hydrogen (secondary N) is 1. The lowest BCUT2D eigenvalue weighted by atomic mass is 10.1. The average molecular weight is 277 g/mol. The van der Waals surface area contributed by atoms with Crippen LogP contribution in [-0.2, 0) is 10.0 Å². The van der Waals surface area contributed by atoms with Gasteiger partial charge >= 0.3 is 0 Å². The Hall–Kier alpha value is -0.780. The van der Waals surface area contributed by atoms with E-state index in [4.69, 9.17) is 17.3 Å². The molecule has 3 N–H and O–H groups in total. The van der Waals surface area contributed by atoms with Gasteiger partial charge < -0.3 is 5.73 Å². The number of halogens is 1. The lowest BCUT2D eigenvalue weighted by molar-refractivity contribution is 0.491. The monoisotopic (exact) mass is 276 g/mol. The zero-order chi connectivity index (χ0) is 13.4. The molecule has 0 aliphatic rings. The summed E-state index contributed by atoms with van der Waals surface area (Å²) >= 11 is 5.94. The van der Waals surface area contributed by atoms with Crippen LogP contribution in [0.2, 0.25) is 5.02 Å². The molecule has 1 rings (SSSR count). The van der Waals surface area contributed by atoms with Crippen LogP contribution in [0.25, 0.3) is 0 Å². The lowest BCUT2D eigenvalue weighted by Gasteiger charge is -2.21. The Kier molecular flexibility index (Phi) is 3.76. The standard InChI is InChI=1S/C11H17ClN2O2S/c1-7-5-8(12)10(6-9(7)13)17(15,16)14-11(2,3)4/h5-6,14H,13H2,1-4H3. The highest BCUT2D eigenvalue weighted by atomic mass is 35.5. The molecular formula is C11H17ClN2O2S. The van der Waals surface area contributed by atoms with Crippen molar-refractivity contribution in [1.29, 1.82) is 0 Å². The van der Waals surface area contributed by atoms with E-state index in [9.17, 15) is 8.42 Å². The smallest absolute Gasteiger partial charge is 0.242 e. The summed E-state index contributed by atoms with van der Waals surface area (Å²) in [7, 11) is -3.65. The quantitative estimate of drug-likeness (QED) is 0.814. The highest BCUT2D eigenvalue weighted by Gasteiger charge is 2.24. The molecule has 0 heterocycles. The van der Waals surface area contributed by atoms with Crippen molar-refractivity contribution in [3.63, 3.8) is 0 Å². The Morgan fingerprint density at radius 2 is 1.82 bits per heavy atom. The minimum atomic E-state index is -3.65. The van der Waals surface area contributed by atoms with E-state index in [0.29, 0.717) is 5.69 Å². The Bertz CT molecular complexity index is 533. The molecule has 0 saturated carbocycles. The third-order valence-corrected chi connectivity index (χ3v) is 4.27. The van der Waals surface area contributed by atoms with Crippen LogP contribution in [0.15, 0.2) is 17.0 Å². The van der Waals surface area contributed by atoms with Crippen molar-refractivity contribution in [1.82, 2.24) is 4.72 Å². The molecule has 0 aliphatic carbocycles. The second-order valence-electron chi connectivity index (χ2n) is 4.99. The third kappa shape index (κ3) is 3.59. The summed E-state index contributed by atoms with van der Waals surface area (Å²) < 4.78 is 26.7. The molecule has 0 bridgehead atoms. The van der Waals surface area contributed by atoms with Gasteiger partial charge in [-0.25, -0.2) is 13.1 Å². The number of aryl methyl sites for hydroxylation is 1. The fourth-order valence-electron chi connectivity index (χ4n) is 1.33.